The minimum absolute atomic E-state index is 0.168. The third-order valence-corrected chi connectivity index (χ3v) is 4.66. The zero-order valence-electron chi connectivity index (χ0n) is 16.4. The number of rotatable bonds is 6. The minimum Gasteiger partial charge on any atom is -0.421 e. The molecular formula is C22H16N4O6. The summed E-state index contributed by atoms with van der Waals surface area (Å²) >= 11 is 0. The molecule has 0 fully saturated rings. The number of nitrogens with two attached hydrogens (primary N) is 2. The Balaban J connectivity index is 1.46. The van der Waals surface area contributed by atoms with Gasteiger partial charge in [-0.05, 0) is 24.3 Å². The third-order valence-electron chi connectivity index (χ3n) is 4.66. The molecule has 0 radical (unpaired) electrons. The molecule has 0 unspecified atom stereocenters. The number of carbonyl (C=O) groups is 4. The summed E-state index contributed by atoms with van der Waals surface area (Å²) < 4.78 is 10.5. The Kier molecular flexibility index (Phi) is 5.17. The van der Waals surface area contributed by atoms with Gasteiger partial charge in [0.1, 0.15) is 0 Å². The molecule has 2 amide bonds. The molecule has 32 heavy (non-hydrogen) atoms. The molecule has 0 bridgehead atoms. The summed E-state index contributed by atoms with van der Waals surface area (Å²) in [6, 6.07) is 9.59. The lowest BCUT2D eigenvalue weighted by Gasteiger charge is -2.02. The van der Waals surface area contributed by atoms with Gasteiger partial charge in [-0.15, -0.1) is 0 Å². The Bertz CT molecular complexity index is 1320. The van der Waals surface area contributed by atoms with Crippen LogP contribution in [-0.4, -0.2) is 33.7 Å². The summed E-state index contributed by atoms with van der Waals surface area (Å²) in [6.45, 7) is 0. The Hall–Kier alpha value is -4.86. The van der Waals surface area contributed by atoms with E-state index in [2.05, 4.69) is 9.97 Å². The fourth-order valence-corrected chi connectivity index (χ4v) is 3.26. The van der Waals surface area contributed by atoms with Gasteiger partial charge in [-0.3, -0.25) is 9.59 Å². The van der Waals surface area contributed by atoms with E-state index >= 15 is 0 Å². The smallest absolute Gasteiger partial charge is 0.336 e. The van der Waals surface area contributed by atoms with Crippen molar-refractivity contribution in [2.75, 3.05) is 0 Å². The van der Waals surface area contributed by atoms with Crippen molar-refractivity contribution in [3.8, 4) is 11.5 Å². The Morgan fingerprint density at radius 2 is 1.09 bits per heavy atom. The predicted molar refractivity (Wildman–Crippen MR) is 114 cm³/mol. The summed E-state index contributed by atoms with van der Waals surface area (Å²) in [5.74, 6) is -2.58. The van der Waals surface area contributed by atoms with Gasteiger partial charge in [0, 0.05) is 35.3 Å². The standard InChI is InChI=1S/C22H16N4O6/c23-21(29)13-5-1-3-11-15(9-25-19(11)13)31-17(27)7-8-18(28)32-16-10-26-20-12(16)4-2-6-14(20)22(24)30/h1-10,25-26H,(H2,23,29)(H2,24,30)/b8-7+. The Morgan fingerprint density at radius 1 is 0.688 bits per heavy atom. The van der Waals surface area contributed by atoms with Gasteiger partial charge in [0.05, 0.1) is 22.2 Å². The zero-order valence-corrected chi connectivity index (χ0v) is 16.4. The number of carbonyl (C=O) groups excluding carboxylic acids is 4. The maximum Gasteiger partial charge on any atom is 0.336 e. The minimum atomic E-state index is -0.831. The van der Waals surface area contributed by atoms with Crippen LogP contribution in [0.2, 0.25) is 0 Å². The van der Waals surface area contributed by atoms with E-state index in [4.69, 9.17) is 20.9 Å². The number of para-hydroxylation sites is 2. The van der Waals surface area contributed by atoms with Gasteiger partial charge in [0.25, 0.3) is 11.8 Å². The molecule has 0 atom stereocenters. The molecule has 0 saturated carbocycles. The molecule has 0 aliphatic heterocycles. The van der Waals surface area contributed by atoms with Gasteiger partial charge < -0.3 is 30.9 Å². The van der Waals surface area contributed by atoms with Crippen LogP contribution >= 0.6 is 0 Å². The highest BCUT2D eigenvalue weighted by Crippen LogP contribution is 2.29. The highest BCUT2D eigenvalue weighted by molar-refractivity contribution is 6.08. The molecule has 160 valence electrons. The first-order valence-electron chi connectivity index (χ1n) is 9.26. The lowest BCUT2D eigenvalue weighted by molar-refractivity contribution is -0.131. The number of hydrogen-bond acceptors (Lipinski definition) is 6. The number of nitrogens with one attached hydrogen (secondary N) is 2. The van der Waals surface area contributed by atoms with Gasteiger partial charge in [0.15, 0.2) is 11.5 Å². The monoisotopic (exact) mass is 432 g/mol. The number of benzene rings is 2. The molecule has 4 rings (SSSR count). The lowest BCUT2D eigenvalue weighted by atomic mass is 10.1. The third kappa shape index (κ3) is 3.79. The lowest BCUT2D eigenvalue weighted by Crippen LogP contribution is -2.11. The summed E-state index contributed by atoms with van der Waals surface area (Å²) in [6.07, 6.45) is 4.62. The van der Waals surface area contributed by atoms with Gasteiger partial charge in [0.2, 0.25) is 0 Å². The second kappa shape index (κ2) is 8.11. The molecule has 2 heterocycles. The molecule has 10 nitrogen and oxygen atoms in total. The molecule has 0 aliphatic rings. The van der Waals surface area contributed by atoms with Crippen molar-refractivity contribution in [1.82, 2.24) is 9.97 Å². The molecule has 6 N–H and O–H groups in total. The van der Waals surface area contributed by atoms with Crippen molar-refractivity contribution < 1.29 is 28.7 Å². The second-order valence-electron chi connectivity index (χ2n) is 6.67. The average molecular weight is 432 g/mol. The van der Waals surface area contributed by atoms with Gasteiger partial charge in [-0.2, -0.15) is 0 Å². The first-order chi connectivity index (χ1) is 15.3. The number of aromatic nitrogens is 2. The Morgan fingerprint density at radius 3 is 1.47 bits per heavy atom. The molecule has 0 saturated heterocycles. The van der Waals surface area contributed by atoms with Crippen molar-refractivity contribution in [3.63, 3.8) is 0 Å². The highest BCUT2D eigenvalue weighted by Gasteiger charge is 2.15. The maximum atomic E-state index is 12.1. The number of hydrogen-bond donors (Lipinski definition) is 4. The molecule has 2 aromatic heterocycles. The van der Waals surface area contributed by atoms with E-state index in [0.29, 0.717) is 21.8 Å². The number of fused-ring (bicyclic) bond motifs is 2. The van der Waals surface area contributed by atoms with E-state index < -0.39 is 23.8 Å². The van der Waals surface area contributed by atoms with Crippen molar-refractivity contribution in [3.05, 3.63) is 72.1 Å². The molecule has 0 aliphatic carbocycles. The van der Waals surface area contributed by atoms with E-state index in [1.165, 1.54) is 12.4 Å². The van der Waals surface area contributed by atoms with Crippen LogP contribution < -0.4 is 20.9 Å². The van der Waals surface area contributed by atoms with Crippen molar-refractivity contribution in [2.24, 2.45) is 11.5 Å². The number of H-pyrrole nitrogens is 2. The fraction of sp³-hybridized carbons (Fsp3) is 0. The van der Waals surface area contributed by atoms with Crippen LogP contribution in [0, 0.1) is 0 Å². The van der Waals surface area contributed by atoms with Crippen LogP contribution in [0.3, 0.4) is 0 Å². The van der Waals surface area contributed by atoms with Crippen LogP contribution in [-0.2, 0) is 9.59 Å². The molecule has 2 aromatic carbocycles. The van der Waals surface area contributed by atoms with E-state index in [9.17, 15) is 19.2 Å². The predicted octanol–water partition coefficient (Wildman–Crippen LogP) is 1.91. The van der Waals surface area contributed by atoms with Crippen molar-refractivity contribution in [1.29, 1.82) is 0 Å². The molecule has 10 heteroatoms. The van der Waals surface area contributed by atoms with Crippen LogP contribution in [0.4, 0.5) is 0 Å². The van der Waals surface area contributed by atoms with E-state index in [-0.39, 0.29) is 22.6 Å². The summed E-state index contributed by atoms with van der Waals surface area (Å²) in [5.41, 5.74) is 12.0. The van der Waals surface area contributed by atoms with Crippen LogP contribution in [0.1, 0.15) is 20.7 Å². The van der Waals surface area contributed by atoms with Gasteiger partial charge >= 0.3 is 11.9 Å². The first-order valence-corrected chi connectivity index (χ1v) is 9.26. The van der Waals surface area contributed by atoms with Crippen LogP contribution in [0.15, 0.2) is 60.9 Å². The zero-order chi connectivity index (χ0) is 22.8. The molecule has 4 aromatic rings. The topological polar surface area (TPSA) is 170 Å². The average Bonchev–Trinajstić information content (AvgIpc) is 3.36. The number of primary amides is 2. The molecular weight excluding hydrogens is 416 g/mol. The van der Waals surface area contributed by atoms with Gasteiger partial charge in [-0.1, -0.05) is 12.1 Å². The number of esters is 2. The number of aromatic amines is 2. The molecule has 0 spiro atoms. The Labute approximate surface area is 179 Å². The van der Waals surface area contributed by atoms with E-state index in [1.54, 1.807) is 36.4 Å². The quantitative estimate of drug-likeness (QED) is 0.268. The van der Waals surface area contributed by atoms with Gasteiger partial charge in [-0.25, -0.2) is 9.59 Å². The summed E-state index contributed by atoms with van der Waals surface area (Å²) in [5, 5.41) is 0.962. The summed E-state index contributed by atoms with van der Waals surface area (Å²) in [7, 11) is 0. The van der Waals surface area contributed by atoms with E-state index in [1.807, 2.05) is 0 Å². The largest absolute Gasteiger partial charge is 0.421 e. The van der Waals surface area contributed by atoms with Crippen molar-refractivity contribution >= 4 is 45.6 Å². The van der Waals surface area contributed by atoms with Crippen molar-refractivity contribution in [2.45, 2.75) is 0 Å². The van der Waals surface area contributed by atoms with Crippen LogP contribution in [0.25, 0.3) is 21.8 Å². The second-order valence-corrected chi connectivity index (χ2v) is 6.67. The maximum absolute atomic E-state index is 12.1. The number of ether oxygens (including phenoxy) is 2. The highest BCUT2D eigenvalue weighted by atomic mass is 16.5. The fourth-order valence-electron chi connectivity index (χ4n) is 3.26. The van der Waals surface area contributed by atoms with E-state index in [0.717, 1.165) is 12.2 Å². The number of amides is 2. The SMILES string of the molecule is NC(=O)c1cccc2c(OC(=O)/C=C/C(=O)Oc3c[nH]c4c(C(N)=O)cccc34)c[nH]c12. The van der Waals surface area contributed by atoms with Crippen LogP contribution in [0.5, 0.6) is 11.5 Å². The first kappa shape index (κ1) is 20.4. The summed E-state index contributed by atoms with van der Waals surface area (Å²) in [4.78, 5) is 52.9. The normalized spacial score (nSPS) is 11.1.